The zero-order valence-electron chi connectivity index (χ0n) is 10.8. The first kappa shape index (κ1) is 17.9. The first-order chi connectivity index (χ1) is 7.93. The van der Waals surface area contributed by atoms with E-state index in [1.165, 1.54) is 13.3 Å². The van der Waals surface area contributed by atoms with Gasteiger partial charge in [0.2, 0.25) is 11.9 Å². The standard InChI is InChI=1S/C7H5F2NO2.C3H8.C2H6/c1-3-2-4(7(11)12)6(9)10-5(3)8;1-3-2;1-2/h2H,1H3,(H,11,12);3H2,1-2H3;1-2H3. The predicted molar refractivity (Wildman–Crippen MR) is 63.2 cm³/mol. The highest BCUT2D eigenvalue weighted by molar-refractivity contribution is 5.87. The molecule has 0 saturated carbocycles. The van der Waals surface area contributed by atoms with Gasteiger partial charge in [-0.2, -0.15) is 13.8 Å². The molecule has 1 aromatic heterocycles. The first-order valence-corrected chi connectivity index (χ1v) is 5.49. The van der Waals surface area contributed by atoms with Crippen LogP contribution in [0, 0.1) is 18.8 Å². The number of rotatable bonds is 1. The van der Waals surface area contributed by atoms with Crippen molar-refractivity contribution < 1.29 is 18.7 Å². The molecule has 3 nitrogen and oxygen atoms in total. The average Bonchev–Trinajstić information content (AvgIpc) is 2.27. The van der Waals surface area contributed by atoms with Crippen molar-refractivity contribution in [1.82, 2.24) is 4.98 Å². The second-order valence-electron chi connectivity index (χ2n) is 2.95. The van der Waals surface area contributed by atoms with Gasteiger partial charge in [0.1, 0.15) is 5.56 Å². The molecule has 0 fully saturated rings. The molecule has 0 aliphatic carbocycles. The second-order valence-corrected chi connectivity index (χ2v) is 2.95. The number of aromatic nitrogens is 1. The summed E-state index contributed by atoms with van der Waals surface area (Å²) in [5, 5.41) is 8.38. The Morgan fingerprint density at radius 2 is 1.71 bits per heavy atom. The summed E-state index contributed by atoms with van der Waals surface area (Å²) in [6.45, 7) is 9.56. The van der Waals surface area contributed by atoms with Gasteiger partial charge >= 0.3 is 5.97 Å². The lowest BCUT2D eigenvalue weighted by atomic mass is 10.2. The highest BCUT2D eigenvalue weighted by Gasteiger charge is 2.14. The van der Waals surface area contributed by atoms with Crippen LogP contribution >= 0.6 is 0 Å². The second kappa shape index (κ2) is 9.69. The van der Waals surface area contributed by atoms with Crippen LogP contribution in [-0.4, -0.2) is 16.1 Å². The molecule has 0 saturated heterocycles. The van der Waals surface area contributed by atoms with E-state index in [1.54, 1.807) is 0 Å². The van der Waals surface area contributed by atoms with Crippen molar-refractivity contribution in [3.63, 3.8) is 0 Å². The predicted octanol–water partition coefficient (Wildman–Crippen LogP) is 3.81. The maximum atomic E-state index is 12.5. The third-order valence-electron chi connectivity index (χ3n) is 1.34. The summed E-state index contributed by atoms with van der Waals surface area (Å²) >= 11 is 0. The SMILES string of the molecule is CC.CCC.Cc1cc(C(=O)O)c(F)nc1F. The Kier molecular flexibility index (Phi) is 10.2. The molecule has 5 heteroatoms. The minimum Gasteiger partial charge on any atom is -0.478 e. The lowest BCUT2D eigenvalue weighted by Gasteiger charge is -1.98. The lowest BCUT2D eigenvalue weighted by Crippen LogP contribution is -2.05. The fourth-order valence-electron chi connectivity index (χ4n) is 0.720. The summed E-state index contributed by atoms with van der Waals surface area (Å²) in [6.07, 6.45) is 1.25. The quantitative estimate of drug-likeness (QED) is 0.768. The molecule has 0 atom stereocenters. The van der Waals surface area contributed by atoms with Gasteiger partial charge in [-0.1, -0.05) is 34.1 Å². The van der Waals surface area contributed by atoms with E-state index < -0.39 is 23.4 Å². The Balaban J connectivity index is 0. The van der Waals surface area contributed by atoms with Gasteiger partial charge in [-0.15, -0.1) is 0 Å². The largest absolute Gasteiger partial charge is 0.478 e. The molecular weight excluding hydrogens is 228 g/mol. The Morgan fingerprint density at radius 1 is 1.29 bits per heavy atom. The molecule has 1 heterocycles. The lowest BCUT2D eigenvalue weighted by molar-refractivity contribution is 0.0690. The fraction of sp³-hybridized carbons (Fsp3) is 0.500. The van der Waals surface area contributed by atoms with Crippen LogP contribution in [0.15, 0.2) is 6.07 Å². The number of aromatic carboxylic acids is 1. The molecule has 0 bridgehead atoms. The number of nitrogens with zero attached hydrogens (tertiary/aromatic N) is 1. The van der Waals surface area contributed by atoms with Gasteiger partial charge in [0.25, 0.3) is 0 Å². The fourth-order valence-corrected chi connectivity index (χ4v) is 0.720. The third-order valence-corrected chi connectivity index (χ3v) is 1.34. The van der Waals surface area contributed by atoms with Crippen molar-refractivity contribution in [3.05, 3.63) is 29.1 Å². The molecule has 0 aliphatic heterocycles. The molecule has 0 aliphatic rings. The normalized spacial score (nSPS) is 8.41. The Labute approximate surface area is 101 Å². The van der Waals surface area contributed by atoms with Gasteiger partial charge < -0.3 is 5.11 Å². The monoisotopic (exact) mass is 247 g/mol. The summed E-state index contributed by atoms with van der Waals surface area (Å²) in [5.41, 5.74) is -0.609. The first-order valence-electron chi connectivity index (χ1n) is 5.49. The van der Waals surface area contributed by atoms with Crippen molar-refractivity contribution in [1.29, 1.82) is 0 Å². The zero-order chi connectivity index (χ0) is 14.0. The van der Waals surface area contributed by atoms with E-state index in [0.29, 0.717) is 0 Å². The van der Waals surface area contributed by atoms with Gasteiger partial charge in [-0.25, -0.2) is 4.79 Å². The van der Waals surface area contributed by atoms with Crippen LogP contribution in [-0.2, 0) is 0 Å². The van der Waals surface area contributed by atoms with Crippen LogP contribution in [0.1, 0.15) is 50.0 Å². The molecule has 0 aromatic carbocycles. The number of carboxylic acids is 1. The molecule has 0 unspecified atom stereocenters. The topological polar surface area (TPSA) is 50.2 Å². The Hall–Kier alpha value is -1.52. The highest BCUT2D eigenvalue weighted by Crippen LogP contribution is 2.09. The highest BCUT2D eigenvalue weighted by atomic mass is 19.1. The van der Waals surface area contributed by atoms with Gasteiger partial charge in [0, 0.05) is 5.56 Å². The molecule has 0 amide bonds. The van der Waals surface area contributed by atoms with E-state index in [9.17, 15) is 13.6 Å². The Morgan fingerprint density at radius 3 is 2.06 bits per heavy atom. The van der Waals surface area contributed by atoms with Crippen LogP contribution < -0.4 is 0 Å². The van der Waals surface area contributed by atoms with Gasteiger partial charge in [-0.3, -0.25) is 0 Å². The zero-order valence-corrected chi connectivity index (χ0v) is 10.8. The smallest absolute Gasteiger partial charge is 0.340 e. The molecule has 1 aromatic rings. The van der Waals surface area contributed by atoms with Crippen LogP contribution in [0.3, 0.4) is 0 Å². The average molecular weight is 247 g/mol. The van der Waals surface area contributed by atoms with E-state index in [-0.39, 0.29) is 5.56 Å². The van der Waals surface area contributed by atoms with Crippen LogP contribution in [0.5, 0.6) is 0 Å². The maximum absolute atomic E-state index is 12.5. The molecular formula is C12H19F2NO2. The molecule has 0 radical (unpaired) electrons. The molecule has 98 valence electrons. The number of halogens is 2. The van der Waals surface area contributed by atoms with Crippen LogP contribution in [0.4, 0.5) is 8.78 Å². The summed E-state index contributed by atoms with van der Waals surface area (Å²) < 4.78 is 25.0. The number of carbonyl (C=O) groups is 1. The minimum absolute atomic E-state index is 0.00815. The van der Waals surface area contributed by atoms with E-state index in [2.05, 4.69) is 18.8 Å². The number of hydrogen-bond acceptors (Lipinski definition) is 2. The maximum Gasteiger partial charge on any atom is 0.340 e. The summed E-state index contributed by atoms with van der Waals surface area (Å²) in [7, 11) is 0. The van der Waals surface area contributed by atoms with Crippen LogP contribution in [0.2, 0.25) is 0 Å². The summed E-state index contributed by atoms with van der Waals surface area (Å²) in [6, 6.07) is 0.903. The molecule has 17 heavy (non-hydrogen) atoms. The third kappa shape index (κ3) is 6.60. The van der Waals surface area contributed by atoms with Crippen molar-refractivity contribution >= 4 is 5.97 Å². The van der Waals surface area contributed by atoms with Gasteiger partial charge in [-0.05, 0) is 13.0 Å². The van der Waals surface area contributed by atoms with Crippen LogP contribution in [0.25, 0.3) is 0 Å². The molecule has 1 rings (SSSR count). The summed E-state index contributed by atoms with van der Waals surface area (Å²) in [4.78, 5) is 13.1. The number of pyridine rings is 1. The van der Waals surface area contributed by atoms with Crippen molar-refractivity contribution in [2.45, 2.75) is 41.0 Å². The minimum atomic E-state index is -1.46. The van der Waals surface area contributed by atoms with Gasteiger partial charge in [0.15, 0.2) is 0 Å². The molecule has 1 N–H and O–H groups in total. The van der Waals surface area contributed by atoms with E-state index in [0.717, 1.165) is 6.07 Å². The van der Waals surface area contributed by atoms with Gasteiger partial charge in [0.05, 0.1) is 0 Å². The van der Waals surface area contributed by atoms with Crippen molar-refractivity contribution in [3.8, 4) is 0 Å². The van der Waals surface area contributed by atoms with E-state index >= 15 is 0 Å². The van der Waals surface area contributed by atoms with Crippen molar-refractivity contribution in [2.75, 3.05) is 0 Å². The number of aryl methyl sites for hydroxylation is 1. The Bertz CT molecular complexity index is 355. The summed E-state index contributed by atoms with van der Waals surface area (Å²) in [5.74, 6) is -3.74. The number of carboxylic acid groups (broad SMARTS) is 1. The van der Waals surface area contributed by atoms with Crippen molar-refractivity contribution in [2.24, 2.45) is 0 Å². The van der Waals surface area contributed by atoms with E-state index in [1.807, 2.05) is 13.8 Å². The van der Waals surface area contributed by atoms with E-state index in [4.69, 9.17) is 5.11 Å². The molecule has 0 spiro atoms. The number of hydrogen-bond donors (Lipinski definition) is 1.